The smallest absolute Gasteiger partial charge is 0.343 e. The zero-order valence-corrected chi connectivity index (χ0v) is 20.2. The van der Waals surface area contributed by atoms with E-state index in [-0.39, 0.29) is 10.9 Å². The molecule has 0 spiro atoms. The Morgan fingerprint density at radius 2 is 1.74 bits per heavy atom. The van der Waals surface area contributed by atoms with Crippen molar-refractivity contribution in [3.8, 4) is 17.2 Å². The minimum atomic E-state index is -0.506. The van der Waals surface area contributed by atoms with Crippen molar-refractivity contribution in [1.29, 1.82) is 0 Å². The van der Waals surface area contributed by atoms with Gasteiger partial charge in [0.2, 0.25) is 0 Å². The average Bonchev–Trinajstić information content (AvgIpc) is 2.86. The third-order valence-corrected chi connectivity index (χ3v) is 4.71. The van der Waals surface area contributed by atoms with Gasteiger partial charge in [-0.2, -0.15) is 5.10 Å². The van der Waals surface area contributed by atoms with Gasteiger partial charge in [0, 0.05) is 5.69 Å². The molecule has 35 heavy (non-hydrogen) atoms. The van der Waals surface area contributed by atoms with E-state index in [0.29, 0.717) is 47.3 Å². The Kier molecular flexibility index (Phi) is 9.56. The number of benzene rings is 3. The summed E-state index contributed by atoms with van der Waals surface area (Å²) < 4.78 is 29.7. The largest absolute Gasteiger partial charge is 0.494 e. The molecule has 3 aromatic rings. The molecule has 2 N–H and O–H groups in total. The number of halogens is 1. The number of nitrogens with zero attached hydrogens (tertiary/aromatic N) is 1. The molecule has 0 heterocycles. The van der Waals surface area contributed by atoms with Crippen LogP contribution in [0.1, 0.15) is 36.2 Å². The highest BCUT2D eigenvalue weighted by Gasteiger charge is 2.13. The Balaban J connectivity index is 1.61. The molecule has 0 amide bonds. The molecule has 0 fully saturated rings. The molecule has 0 aromatic heterocycles. The van der Waals surface area contributed by atoms with E-state index < -0.39 is 5.97 Å². The third kappa shape index (κ3) is 8.08. The van der Waals surface area contributed by atoms with Crippen LogP contribution in [-0.4, -0.2) is 30.5 Å². The van der Waals surface area contributed by atoms with Gasteiger partial charge in [-0.1, -0.05) is 6.92 Å². The summed E-state index contributed by atoms with van der Waals surface area (Å²) in [5.74, 6) is 0.555. The van der Waals surface area contributed by atoms with Crippen LogP contribution in [0.15, 0.2) is 71.8 Å². The quantitative estimate of drug-likeness (QED) is 0.125. The second kappa shape index (κ2) is 13.0. The second-order valence-corrected chi connectivity index (χ2v) is 7.64. The van der Waals surface area contributed by atoms with Gasteiger partial charge in [0.1, 0.15) is 11.6 Å². The Bertz CT molecular complexity index is 1170. The maximum Gasteiger partial charge on any atom is 0.343 e. The molecule has 0 unspecified atom stereocenters. The second-order valence-electron chi connectivity index (χ2n) is 7.23. The predicted octanol–water partition coefficient (Wildman–Crippen LogP) is 5.55. The highest BCUT2D eigenvalue weighted by molar-refractivity contribution is 7.80. The molecular formula is C26H26FN3O4S. The fourth-order valence-corrected chi connectivity index (χ4v) is 3.05. The normalized spacial score (nSPS) is 10.6. The van der Waals surface area contributed by atoms with Crippen LogP contribution in [0.5, 0.6) is 17.2 Å². The zero-order chi connectivity index (χ0) is 25.0. The van der Waals surface area contributed by atoms with Crippen LogP contribution in [0.2, 0.25) is 0 Å². The number of thiocarbonyl (C=S) groups is 1. The van der Waals surface area contributed by atoms with Gasteiger partial charge in [-0.25, -0.2) is 9.18 Å². The lowest BCUT2D eigenvalue weighted by atomic mass is 10.2. The van der Waals surface area contributed by atoms with Crippen molar-refractivity contribution in [3.05, 3.63) is 83.7 Å². The van der Waals surface area contributed by atoms with Crippen molar-refractivity contribution in [2.75, 3.05) is 18.5 Å². The van der Waals surface area contributed by atoms with Crippen LogP contribution >= 0.6 is 12.2 Å². The first kappa shape index (κ1) is 25.6. The Hall–Kier alpha value is -3.98. The molecule has 0 atom stereocenters. The molecule has 3 rings (SSSR count). The van der Waals surface area contributed by atoms with Gasteiger partial charge in [0.05, 0.1) is 25.0 Å². The molecule has 0 aliphatic heterocycles. The van der Waals surface area contributed by atoms with E-state index in [9.17, 15) is 9.18 Å². The van der Waals surface area contributed by atoms with Crippen molar-refractivity contribution in [3.63, 3.8) is 0 Å². The van der Waals surface area contributed by atoms with Crippen molar-refractivity contribution in [2.24, 2.45) is 5.10 Å². The first-order valence-corrected chi connectivity index (χ1v) is 11.5. The lowest BCUT2D eigenvalue weighted by Gasteiger charge is -2.12. The van der Waals surface area contributed by atoms with Gasteiger partial charge in [-0.05, 0) is 97.9 Å². The molecule has 0 saturated carbocycles. The molecule has 3 aromatic carbocycles. The lowest BCUT2D eigenvalue weighted by molar-refractivity contribution is 0.0728. The van der Waals surface area contributed by atoms with Crippen molar-refractivity contribution < 1.29 is 23.4 Å². The molecule has 0 radical (unpaired) electrons. The maximum atomic E-state index is 13.0. The molecule has 0 aliphatic carbocycles. The highest BCUT2D eigenvalue weighted by atomic mass is 32.1. The number of hydrogen-bond donors (Lipinski definition) is 2. The minimum absolute atomic E-state index is 0.245. The standard InChI is InChI=1S/C26H26FN3O4S/c1-3-15-33-22-12-6-19(7-13-22)25(31)34-23-14-5-18(16-24(23)32-4-2)17-28-30-26(35)29-21-10-8-20(27)9-11-21/h5-14,16-17H,3-4,15H2,1-2H3,(H2,29,30,35)/b28-17-. The fourth-order valence-electron chi connectivity index (χ4n) is 2.88. The number of hydrazone groups is 1. The molecular weight excluding hydrogens is 469 g/mol. The zero-order valence-electron chi connectivity index (χ0n) is 19.4. The van der Waals surface area contributed by atoms with E-state index in [4.69, 9.17) is 26.4 Å². The van der Waals surface area contributed by atoms with Crippen molar-refractivity contribution in [2.45, 2.75) is 20.3 Å². The van der Waals surface area contributed by atoms with Crippen LogP contribution in [-0.2, 0) is 0 Å². The Morgan fingerprint density at radius 1 is 1.00 bits per heavy atom. The molecule has 0 bridgehead atoms. The predicted molar refractivity (Wildman–Crippen MR) is 138 cm³/mol. The van der Waals surface area contributed by atoms with Crippen molar-refractivity contribution >= 4 is 35.2 Å². The lowest BCUT2D eigenvalue weighted by Crippen LogP contribution is -2.23. The first-order valence-electron chi connectivity index (χ1n) is 11.1. The molecule has 9 heteroatoms. The number of anilines is 1. The van der Waals surface area contributed by atoms with Gasteiger partial charge in [-0.15, -0.1) is 0 Å². The summed E-state index contributed by atoms with van der Waals surface area (Å²) in [6.45, 7) is 4.86. The van der Waals surface area contributed by atoms with E-state index >= 15 is 0 Å². The molecule has 0 aliphatic rings. The van der Waals surface area contributed by atoms with Gasteiger partial charge in [0.15, 0.2) is 16.6 Å². The Labute approximate surface area is 208 Å². The number of esters is 1. The topological polar surface area (TPSA) is 81.2 Å². The number of carbonyl (C=O) groups excluding carboxylic acids is 1. The number of ether oxygens (including phenoxy) is 3. The van der Waals surface area contributed by atoms with E-state index in [0.717, 1.165) is 6.42 Å². The van der Waals surface area contributed by atoms with E-state index in [1.165, 1.54) is 12.1 Å². The number of hydrogen-bond acceptors (Lipinski definition) is 6. The number of rotatable bonds is 10. The van der Waals surface area contributed by atoms with Crippen LogP contribution in [0.25, 0.3) is 0 Å². The van der Waals surface area contributed by atoms with Gasteiger partial charge < -0.3 is 19.5 Å². The summed E-state index contributed by atoms with van der Waals surface area (Å²) in [6.07, 6.45) is 2.45. The maximum absolute atomic E-state index is 13.0. The van der Waals surface area contributed by atoms with Crippen LogP contribution in [0.3, 0.4) is 0 Å². The van der Waals surface area contributed by atoms with Crippen LogP contribution < -0.4 is 25.0 Å². The SMILES string of the molecule is CCCOc1ccc(C(=O)Oc2ccc(/C=N\NC(=S)Nc3ccc(F)cc3)cc2OCC)cc1. The summed E-state index contributed by atoms with van der Waals surface area (Å²) in [7, 11) is 0. The molecule has 182 valence electrons. The third-order valence-electron chi connectivity index (χ3n) is 4.51. The monoisotopic (exact) mass is 495 g/mol. The summed E-state index contributed by atoms with van der Waals surface area (Å²) in [5, 5.41) is 7.24. The summed E-state index contributed by atoms with van der Waals surface area (Å²) >= 11 is 5.18. The van der Waals surface area contributed by atoms with Gasteiger partial charge >= 0.3 is 5.97 Å². The Morgan fingerprint density at radius 3 is 2.43 bits per heavy atom. The van der Waals surface area contributed by atoms with E-state index in [1.807, 2.05) is 13.8 Å². The number of carbonyl (C=O) groups is 1. The van der Waals surface area contributed by atoms with Gasteiger partial charge in [-0.3, -0.25) is 5.43 Å². The van der Waals surface area contributed by atoms with E-state index in [1.54, 1.807) is 60.8 Å². The first-order chi connectivity index (χ1) is 17.0. The van der Waals surface area contributed by atoms with Crippen LogP contribution in [0.4, 0.5) is 10.1 Å². The van der Waals surface area contributed by atoms with Gasteiger partial charge in [0.25, 0.3) is 0 Å². The van der Waals surface area contributed by atoms with E-state index in [2.05, 4.69) is 15.8 Å². The summed E-state index contributed by atoms with van der Waals surface area (Å²) in [6, 6.07) is 17.6. The fraction of sp³-hybridized carbons (Fsp3) is 0.192. The number of nitrogens with one attached hydrogen (secondary N) is 2. The summed E-state index contributed by atoms with van der Waals surface area (Å²) in [4.78, 5) is 12.6. The van der Waals surface area contributed by atoms with Crippen LogP contribution in [0, 0.1) is 5.82 Å². The minimum Gasteiger partial charge on any atom is -0.494 e. The molecule has 7 nitrogen and oxygen atoms in total. The van der Waals surface area contributed by atoms with Crippen molar-refractivity contribution in [1.82, 2.24) is 5.43 Å². The average molecular weight is 496 g/mol. The highest BCUT2D eigenvalue weighted by Crippen LogP contribution is 2.29. The summed E-state index contributed by atoms with van der Waals surface area (Å²) in [5.41, 5.74) is 4.42. The molecule has 0 saturated heterocycles.